The Hall–Kier alpha value is -1.84. The minimum absolute atomic E-state index is 0.574. The minimum atomic E-state index is -0.574. The molecule has 0 atom stereocenters. The first-order valence-electron chi connectivity index (χ1n) is 4.16. The number of hydrazone groups is 1. The highest BCUT2D eigenvalue weighted by Crippen LogP contribution is 2.02. The van der Waals surface area contributed by atoms with Crippen molar-refractivity contribution in [1.29, 1.82) is 0 Å². The SMILES string of the molecule is COC(=O)N/N=C/c1ccccc1C. The number of benzene rings is 1. The van der Waals surface area contributed by atoms with Gasteiger partial charge in [0, 0.05) is 0 Å². The molecule has 1 aromatic carbocycles. The number of nitrogens with zero attached hydrogens (tertiary/aromatic N) is 1. The highest BCUT2D eigenvalue weighted by Gasteiger charge is 1.94. The Morgan fingerprint density at radius 1 is 1.50 bits per heavy atom. The fourth-order valence-electron chi connectivity index (χ4n) is 0.932. The van der Waals surface area contributed by atoms with Crippen LogP contribution in [-0.4, -0.2) is 19.4 Å². The number of carbonyl (C=O) groups excluding carboxylic acids is 1. The average Bonchev–Trinajstić information content (AvgIpc) is 2.20. The van der Waals surface area contributed by atoms with E-state index in [-0.39, 0.29) is 0 Å². The summed E-state index contributed by atoms with van der Waals surface area (Å²) in [7, 11) is 1.29. The molecule has 0 aromatic heterocycles. The van der Waals surface area contributed by atoms with Gasteiger partial charge in [0.1, 0.15) is 0 Å². The van der Waals surface area contributed by atoms with E-state index in [1.807, 2.05) is 31.2 Å². The van der Waals surface area contributed by atoms with Crippen LogP contribution >= 0.6 is 0 Å². The Morgan fingerprint density at radius 3 is 2.86 bits per heavy atom. The molecule has 1 aromatic rings. The van der Waals surface area contributed by atoms with Crippen LogP contribution in [0.5, 0.6) is 0 Å². The number of methoxy groups -OCH3 is 1. The first-order valence-corrected chi connectivity index (χ1v) is 4.16. The molecule has 1 amide bonds. The Labute approximate surface area is 82.6 Å². The minimum Gasteiger partial charge on any atom is -0.452 e. The second-order valence-electron chi connectivity index (χ2n) is 2.72. The third-order valence-corrected chi connectivity index (χ3v) is 1.73. The number of hydrogen-bond donors (Lipinski definition) is 1. The predicted molar refractivity (Wildman–Crippen MR) is 54.3 cm³/mol. The fraction of sp³-hybridized carbons (Fsp3) is 0.200. The van der Waals surface area contributed by atoms with E-state index in [0.29, 0.717) is 0 Å². The molecule has 4 heteroatoms. The summed E-state index contributed by atoms with van der Waals surface area (Å²) < 4.78 is 4.35. The predicted octanol–water partition coefficient (Wildman–Crippen LogP) is 1.68. The molecule has 0 saturated heterocycles. The molecular formula is C10H12N2O2. The molecule has 0 aliphatic heterocycles. The van der Waals surface area contributed by atoms with Crippen LogP contribution < -0.4 is 5.43 Å². The summed E-state index contributed by atoms with van der Waals surface area (Å²) in [5.74, 6) is 0. The quantitative estimate of drug-likeness (QED) is 0.572. The Kier molecular flexibility index (Phi) is 3.67. The van der Waals surface area contributed by atoms with Crippen molar-refractivity contribution in [1.82, 2.24) is 5.43 Å². The van der Waals surface area contributed by atoms with Gasteiger partial charge in [0.25, 0.3) is 0 Å². The van der Waals surface area contributed by atoms with Gasteiger partial charge >= 0.3 is 6.09 Å². The van der Waals surface area contributed by atoms with E-state index >= 15 is 0 Å². The van der Waals surface area contributed by atoms with Crippen molar-refractivity contribution in [2.24, 2.45) is 5.10 Å². The van der Waals surface area contributed by atoms with Crippen molar-refractivity contribution in [3.05, 3.63) is 35.4 Å². The summed E-state index contributed by atoms with van der Waals surface area (Å²) >= 11 is 0. The highest BCUT2D eigenvalue weighted by atomic mass is 16.5. The van der Waals surface area contributed by atoms with Crippen LogP contribution in [0.25, 0.3) is 0 Å². The standard InChI is InChI=1S/C10H12N2O2/c1-8-5-3-4-6-9(8)7-11-12-10(13)14-2/h3-7H,1-2H3,(H,12,13)/b11-7+. The maximum atomic E-state index is 10.6. The van der Waals surface area contributed by atoms with Crippen molar-refractivity contribution < 1.29 is 9.53 Å². The number of nitrogens with one attached hydrogen (secondary N) is 1. The molecule has 0 aliphatic rings. The number of rotatable bonds is 2. The molecule has 0 saturated carbocycles. The fourth-order valence-corrected chi connectivity index (χ4v) is 0.932. The van der Waals surface area contributed by atoms with E-state index in [1.54, 1.807) is 6.21 Å². The van der Waals surface area contributed by atoms with Gasteiger partial charge in [-0.1, -0.05) is 24.3 Å². The van der Waals surface area contributed by atoms with Crippen LogP contribution in [0.2, 0.25) is 0 Å². The Bertz CT molecular complexity index is 348. The van der Waals surface area contributed by atoms with Gasteiger partial charge in [-0.2, -0.15) is 5.10 Å². The van der Waals surface area contributed by atoms with E-state index < -0.39 is 6.09 Å². The topological polar surface area (TPSA) is 50.7 Å². The number of amides is 1. The molecule has 0 heterocycles. The molecule has 74 valence electrons. The van der Waals surface area contributed by atoms with Gasteiger partial charge in [-0.15, -0.1) is 0 Å². The van der Waals surface area contributed by atoms with Crippen molar-refractivity contribution in [3.8, 4) is 0 Å². The Balaban J connectivity index is 2.60. The maximum absolute atomic E-state index is 10.6. The average molecular weight is 192 g/mol. The molecule has 1 N–H and O–H groups in total. The zero-order valence-corrected chi connectivity index (χ0v) is 8.15. The van der Waals surface area contributed by atoms with E-state index in [1.165, 1.54) is 7.11 Å². The van der Waals surface area contributed by atoms with Gasteiger partial charge in [0.05, 0.1) is 13.3 Å². The van der Waals surface area contributed by atoms with Gasteiger partial charge in [0.2, 0.25) is 0 Å². The van der Waals surface area contributed by atoms with E-state index in [2.05, 4.69) is 15.3 Å². The second-order valence-corrected chi connectivity index (χ2v) is 2.72. The molecule has 1 rings (SSSR count). The zero-order chi connectivity index (χ0) is 10.4. The lowest BCUT2D eigenvalue weighted by Gasteiger charge is -1.98. The summed E-state index contributed by atoms with van der Waals surface area (Å²) in [6, 6.07) is 7.74. The summed E-state index contributed by atoms with van der Waals surface area (Å²) in [5.41, 5.74) is 4.28. The number of hydrogen-bond acceptors (Lipinski definition) is 3. The van der Waals surface area contributed by atoms with E-state index in [9.17, 15) is 4.79 Å². The normalized spacial score (nSPS) is 10.1. The third kappa shape index (κ3) is 2.90. The largest absolute Gasteiger partial charge is 0.452 e. The molecule has 0 fully saturated rings. The molecular weight excluding hydrogens is 180 g/mol. The monoisotopic (exact) mass is 192 g/mol. The summed E-state index contributed by atoms with van der Waals surface area (Å²) in [5, 5.41) is 3.72. The van der Waals surface area contributed by atoms with Gasteiger partial charge < -0.3 is 4.74 Å². The number of carbonyl (C=O) groups is 1. The summed E-state index contributed by atoms with van der Waals surface area (Å²) in [4.78, 5) is 10.6. The third-order valence-electron chi connectivity index (χ3n) is 1.73. The lowest BCUT2D eigenvalue weighted by atomic mass is 10.1. The molecule has 4 nitrogen and oxygen atoms in total. The smallest absolute Gasteiger partial charge is 0.427 e. The lowest BCUT2D eigenvalue weighted by Crippen LogP contribution is -2.16. The molecule has 0 unspecified atom stereocenters. The van der Waals surface area contributed by atoms with E-state index in [4.69, 9.17) is 0 Å². The van der Waals surface area contributed by atoms with E-state index in [0.717, 1.165) is 11.1 Å². The van der Waals surface area contributed by atoms with Crippen molar-refractivity contribution in [2.75, 3.05) is 7.11 Å². The molecule has 0 radical (unpaired) electrons. The molecule has 0 aliphatic carbocycles. The van der Waals surface area contributed by atoms with Crippen molar-refractivity contribution in [2.45, 2.75) is 6.92 Å². The highest BCUT2D eigenvalue weighted by molar-refractivity contribution is 5.82. The van der Waals surface area contributed by atoms with Crippen LogP contribution in [0.4, 0.5) is 4.79 Å². The van der Waals surface area contributed by atoms with Crippen molar-refractivity contribution >= 4 is 12.3 Å². The lowest BCUT2D eigenvalue weighted by molar-refractivity contribution is 0.171. The van der Waals surface area contributed by atoms with Crippen molar-refractivity contribution in [3.63, 3.8) is 0 Å². The van der Waals surface area contributed by atoms with Crippen LogP contribution in [0.1, 0.15) is 11.1 Å². The zero-order valence-electron chi connectivity index (χ0n) is 8.15. The second kappa shape index (κ2) is 5.01. The van der Waals surface area contributed by atoms with Crippen LogP contribution in [-0.2, 0) is 4.74 Å². The first kappa shape index (κ1) is 10.2. The van der Waals surface area contributed by atoms with Crippen LogP contribution in [0.3, 0.4) is 0 Å². The van der Waals surface area contributed by atoms with Gasteiger partial charge in [-0.05, 0) is 18.1 Å². The van der Waals surface area contributed by atoms with Gasteiger partial charge in [0.15, 0.2) is 0 Å². The molecule has 0 bridgehead atoms. The first-order chi connectivity index (χ1) is 6.74. The molecule has 0 spiro atoms. The van der Waals surface area contributed by atoms with Crippen LogP contribution in [0.15, 0.2) is 29.4 Å². The summed E-state index contributed by atoms with van der Waals surface area (Å²) in [6.45, 7) is 1.97. The Morgan fingerprint density at radius 2 is 2.21 bits per heavy atom. The maximum Gasteiger partial charge on any atom is 0.427 e. The van der Waals surface area contributed by atoms with Gasteiger partial charge in [-0.25, -0.2) is 10.2 Å². The van der Waals surface area contributed by atoms with Crippen LogP contribution in [0, 0.1) is 6.92 Å². The molecule has 14 heavy (non-hydrogen) atoms. The summed E-state index contributed by atoms with van der Waals surface area (Å²) in [6.07, 6.45) is 1.00. The number of aryl methyl sites for hydroxylation is 1. The number of ether oxygens (including phenoxy) is 1. The van der Waals surface area contributed by atoms with Gasteiger partial charge in [-0.3, -0.25) is 0 Å².